The predicted molar refractivity (Wildman–Crippen MR) is 122 cm³/mol. The van der Waals surface area contributed by atoms with Crippen molar-refractivity contribution >= 4 is 33.9 Å². The minimum Gasteiger partial charge on any atom is -0.351 e. The number of Topliss-reactive ketones (excluding diaryl/α,β-unsaturated/α-hetero) is 1. The number of carbonyl (C=O) groups excluding carboxylic acids is 2. The molecule has 0 saturated heterocycles. The summed E-state index contributed by atoms with van der Waals surface area (Å²) in [5.41, 5.74) is 6.27. The molecular formula is C25H22N4O3. The number of benzene rings is 1. The molecule has 1 N–H and O–H groups in total. The third-order valence-electron chi connectivity index (χ3n) is 5.75. The van der Waals surface area contributed by atoms with E-state index in [0.29, 0.717) is 43.1 Å². The summed E-state index contributed by atoms with van der Waals surface area (Å²) in [5, 5.41) is 4.85. The van der Waals surface area contributed by atoms with Gasteiger partial charge in [-0.2, -0.15) is 4.98 Å². The van der Waals surface area contributed by atoms with Crippen LogP contribution in [0.3, 0.4) is 0 Å². The van der Waals surface area contributed by atoms with Crippen molar-refractivity contribution in [3.63, 3.8) is 0 Å². The second kappa shape index (κ2) is 8.00. The average molecular weight is 426 g/mol. The van der Waals surface area contributed by atoms with Crippen LogP contribution < -0.4 is 0 Å². The standard InChI is InChI=1S/C25H22N4O3/c1-14-11-21(23(31)10-5-16-3-7-19(30)8-4-16)28-24(14)17-6-9-20-18(12-17)13-22(27-20)25-26-15(2)29-32-25/h3-4,6-7,9,12-13,27H,5,8,10-11H2,1-2H3. The van der Waals surface area contributed by atoms with Crippen LogP contribution in [-0.4, -0.2) is 32.4 Å². The summed E-state index contributed by atoms with van der Waals surface area (Å²) in [5.74, 6) is 1.20. The molecule has 1 aliphatic heterocycles. The SMILES string of the molecule is CC1=C(c2ccc3[nH]c(-c4nc(C)no4)cc3c2)N=C(C(=O)CCC2=CCC(=O)C=C2)C1. The number of nitrogens with zero attached hydrogens (tertiary/aromatic N) is 3. The summed E-state index contributed by atoms with van der Waals surface area (Å²) in [6.45, 7) is 3.80. The van der Waals surface area contributed by atoms with E-state index in [4.69, 9.17) is 9.52 Å². The molecule has 7 nitrogen and oxygen atoms in total. The van der Waals surface area contributed by atoms with Gasteiger partial charge in [0, 0.05) is 35.7 Å². The Bertz CT molecular complexity index is 1380. The van der Waals surface area contributed by atoms with Crippen molar-refractivity contribution in [2.24, 2.45) is 4.99 Å². The molecule has 1 aromatic carbocycles. The van der Waals surface area contributed by atoms with Gasteiger partial charge in [-0.1, -0.05) is 28.9 Å². The summed E-state index contributed by atoms with van der Waals surface area (Å²) < 4.78 is 5.25. The first-order valence-corrected chi connectivity index (χ1v) is 10.6. The fourth-order valence-corrected chi connectivity index (χ4v) is 4.03. The van der Waals surface area contributed by atoms with E-state index >= 15 is 0 Å². The van der Waals surface area contributed by atoms with Crippen molar-refractivity contribution in [2.45, 2.75) is 39.5 Å². The van der Waals surface area contributed by atoms with E-state index in [1.807, 2.05) is 31.2 Å². The quantitative estimate of drug-likeness (QED) is 0.604. The molecule has 0 atom stereocenters. The maximum absolute atomic E-state index is 12.7. The molecule has 3 aromatic rings. The van der Waals surface area contributed by atoms with Crippen LogP contribution in [0.4, 0.5) is 0 Å². The lowest BCUT2D eigenvalue weighted by atomic mass is 9.98. The van der Waals surface area contributed by atoms with Crippen LogP contribution in [0.15, 0.2) is 63.2 Å². The maximum atomic E-state index is 12.7. The van der Waals surface area contributed by atoms with Gasteiger partial charge in [-0.25, -0.2) is 4.99 Å². The van der Waals surface area contributed by atoms with Crippen LogP contribution in [0.5, 0.6) is 0 Å². The molecule has 0 saturated carbocycles. The number of aliphatic imine (C=N–C) groups is 1. The summed E-state index contributed by atoms with van der Waals surface area (Å²) in [6.07, 6.45) is 7.30. The van der Waals surface area contributed by atoms with Crippen LogP contribution in [0.1, 0.15) is 44.0 Å². The Morgan fingerprint density at radius 2 is 2.06 bits per heavy atom. The Morgan fingerprint density at radius 3 is 2.81 bits per heavy atom. The molecule has 0 fully saturated rings. The lowest BCUT2D eigenvalue weighted by Gasteiger charge is -2.06. The van der Waals surface area contributed by atoms with Crippen LogP contribution >= 0.6 is 0 Å². The van der Waals surface area contributed by atoms with Crippen LogP contribution in [-0.2, 0) is 9.59 Å². The van der Waals surface area contributed by atoms with E-state index in [0.717, 1.165) is 39.0 Å². The Balaban J connectivity index is 1.33. The molecule has 2 aromatic heterocycles. The summed E-state index contributed by atoms with van der Waals surface area (Å²) in [7, 11) is 0. The van der Waals surface area contributed by atoms with E-state index in [1.54, 1.807) is 19.1 Å². The number of carbonyl (C=O) groups is 2. The van der Waals surface area contributed by atoms with Crippen LogP contribution in [0.2, 0.25) is 0 Å². The number of fused-ring (bicyclic) bond motifs is 1. The molecule has 1 aliphatic carbocycles. The highest BCUT2D eigenvalue weighted by molar-refractivity contribution is 6.42. The smallest absolute Gasteiger partial charge is 0.274 e. The zero-order valence-electron chi connectivity index (χ0n) is 17.9. The minimum atomic E-state index is 0.0577. The molecule has 7 heteroatoms. The Labute approximate surface area is 184 Å². The molecule has 0 radical (unpaired) electrons. The first-order valence-electron chi connectivity index (χ1n) is 10.6. The van der Waals surface area contributed by atoms with Gasteiger partial charge >= 0.3 is 0 Å². The van der Waals surface area contributed by atoms with E-state index in [-0.39, 0.29) is 11.6 Å². The lowest BCUT2D eigenvalue weighted by Crippen LogP contribution is -2.12. The van der Waals surface area contributed by atoms with E-state index in [2.05, 4.69) is 21.2 Å². The number of rotatable bonds is 6. The average Bonchev–Trinajstić information content (AvgIpc) is 3.50. The van der Waals surface area contributed by atoms with Gasteiger partial charge in [0.15, 0.2) is 17.4 Å². The third-order valence-corrected chi connectivity index (χ3v) is 5.75. The van der Waals surface area contributed by atoms with Gasteiger partial charge in [-0.15, -0.1) is 0 Å². The molecule has 0 amide bonds. The summed E-state index contributed by atoms with van der Waals surface area (Å²) in [4.78, 5) is 36.3. The number of hydrogen-bond donors (Lipinski definition) is 1. The first kappa shape index (κ1) is 20.1. The van der Waals surface area contributed by atoms with E-state index in [9.17, 15) is 9.59 Å². The van der Waals surface area contributed by atoms with Crippen LogP contribution in [0, 0.1) is 6.92 Å². The Kier molecular flexibility index (Phi) is 5.01. The maximum Gasteiger partial charge on any atom is 0.274 e. The zero-order chi connectivity index (χ0) is 22.2. The molecule has 160 valence electrons. The number of H-pyrrole nitrogens is 1. The summed E-state index contributed by atoms with van der Waals surface area (Å²) in [6, 6.07) is 8.04. The number of aromatic nitrogens is 3. The van der Waals surface area contributed by atoms with Gasteiger partial charge in [-0.05, 0) is 50.1 Å². The van der Waals surface area contributed by atoms with Gasteiger partial charge < -0.3 is 9.51 Å². The topological polar surface area (TPSA) is 101 Å². The number of nitrogens with one attached hydrogen (secondary N) is 1. The van der Waals surface area contributed by atoms with Crippen LogP contribution in [0.25, 0.3) is 28.2 Å². The van der Waals surface area contributed by atoms with Gasteiger partial charge in [0.1, 0.15) is 5.69 Å². The van der Waals surface area contributed by atoms with Crippen molar-refractivity contribution in [1.82, 2.24) is 15.1 Å². The molecule has 0 bridgehead atoms. The molecule has 0 unspecified atom stereocenters. The number of aromatic amines is 1. The minimum absolute atomic E-state index is 0.0577. The molecule has 0 spiro atoms. The second-order valence-electron chi connectivity index (χ2n) is 8.20. The highest BCUT2D eigenvalue weighted by Crippen LogP contribution is 2.32. The third kappa shape index (κ3) is 3.89. The van der Waals surface area contributed by atoms with E-state index < -0.39 is 0 Å². The predicted octanol–water partition coefficient (Wildman–Crippen LogP) is 4.91. The van der Waals surface area contributed by atoms with E-state index in [1.165, 1.54) is 0 Å². The first-order chi connectivity index (χ1) is 15.5. The van der Waals surface area contributed by atoms with Crippen molar-refractivity contribution in [3.05, 3.63) is 65.0 Å². The van der Waals surface area contributed by atoms with Crippen molar-refractivity contribution in [1.29, 1.82) is 0 Å². The Hall–Kier alpha value is -3.87. The summed E-state index contributed by atoms with van der Waals surface area (Å²) >= 11 is 0. The van der Waals surface area contributed by atoms with Crippen molar-refractivity contribution in [2.75, 3.05) is 0 Å². The number of ketones is 2. The second-order valence-corrected chi connectivity index (χ2v) is 8.20. The molecule has 2 aliphatic rings. The van der Waals surface area contributed by atoms with Gasteiger partial charge in [-0.3, -0.25) is 9.59 Å². The molecular weight excluding hydrogens is 404 g/mol. The Morgan fingerprint density at radius 1 is 1.19 bits per heavy atom. The van der Waals surface area contributed by atoms with Crippen molar-refractivity contribution < 1.29 is 14.1 Å². The number of hydrogen-bond acceptors (Lipinski definition) is 6. The van der Waals surface area contributed by atoms with Crippen molar-refractivity contribution in [3.8, 4) is 11.6 Å². The zero-order valence-corrected chi connectivity index (χ0v) is 17.9. The van der Waals surface area contributed by atoms with Gasteiger partial charge in [0.05, 0.1) is 11.4 Å². The highest BCUT2D eigenvalue weighted by atomic mass is 16.5. The monoisotopic (exact) mass is 426 g/mol. The molecule has 32 heavy (non-hydrogen) atoms. The fourth-order valence-electron chi connectivity index (χ4n) is 4.03. The number of aryl methyl sites for hydroxylation is 1. The molecule has 3 heterocycles. The number of allylic oxidation sites excluding steroid dienone is 5. The lowest BCUT2D eigenvalue weighted by molar-refractivity contribution is -0.114. The molecule has 5 rings (SSSR count). The highest BCUT2D eigenvalue weighted by Gasteiger charge is 2.22. The normalized spacial score (nSPS) is 16.1. The largest absolute Gasteiger partial charge is 0.351 e. The fraction of sp³-hybridized carbons (Fsp3) is 0.240. The van der Waals surface area contributed by atoms with Gasteiger partial charge in [0.25, 0.3) is 5.89 Å². The van der Waals surface area contributed by atoms with Gasteiger partial charge in [0.2, 0.25) is 0 Å².